The van der Waals surface area contributed by atoms with E-state index in [4.69, 9.17) is 0 Å². The number of nitrogens with one attached hydrogen (secondary N) is 3. The first-order chi connectivity index (χ1) is 13.0. The number of carbonyl (C=O) groups excluding carboxylic acids is 1. The average Bonchev–Trinajstić information content (AvgIpc) is 3.24. The van der Waals surface area contributed by atoms with Crippen molar-refractivity contribution in [1.82, 2.24) is 20.5 Å². The van der Waals surface area contributed by atoms with E-state index < -0.39 is 0 Å². The van der Waals surface area contributed by atoms with E-state index in [1.165, 1.54) is 12.1 Å². The lowest BCUT2D eigenvalue weighted by molar-refractivity contribution is 0.0946. The Morgan fingerprint density at radius 3 is 2.59 bits per heavy atom. The Balaban J connectivity index is 1.57. The molecular weight excluding hydrogens is 343 g/mol. The maximum Gasteiger partial charge on any atom is 0.272 e. The van der Waals surface area contributed by atoms with Gasteiger partial charge in [0, 0.05) is 28.8 Å². The van der Waals surface area contributed by atoms with Gasteiger partial charge >= 0.3 is 0 Å². The molecule has 6 heteroatoms. The second-order valence-corrected chi connectivity index (χ2v) is 6.63. The predicted octanol–water partition coefficient (Wildman–Crippen LogP) is 4.24. The third-order valence-electron chi connectivity index (χ3n) is 4.65. The van der Waals surface area contributed by atoms with Gasteiger partial charge in [0.25, 0.3) is 5.91 Å². The molecule has 1 amide bonds. The zero-order valence-corrected chi connectivity index (χ0v) is 15.1. The van der Waals surface area contributed by atoms with Crippen LogP contribution < -0.4 is 5.32 Å². The summed E-state index contributed by atoms with van der Waals surface area (Å²) in [5.41, 5.74) is 6.23. The number of nitrogens with zero attached hydrogens (tertiary/aromatic N) is 1. The molecule has 3 N–H and O–H groups in total. The van der Waals surface area contributed by atoms with Crippen LogP contribution in [0.3, 0.4) is 0 Å². The third kappa shape index (κ3) is 3.33. The van der Waals surface area contributed by atoms with Crippen molar-refractivity contribution in [2.24, 2.45) is 0 Å². The van der Waals surface area contributed by atoms with Crippen molar-refractivity contribution in [3.63, 3.8) is 0 Å². The first kappa shape index (κ1) is 17.0. The van der Waals surface area contributed by atoms with Crippen LogP contribution in [0, 0.1) is 19.7 Å². The second kappa shape index (κ2) is 6.72. The van der Waals surface area contributed by atoms with Gasteiger partial charge in [-0.25, -0.2) is 4.39 Å². The van der Waals surface area contributed by atoms with Gasteiger partial charge in [-0.3, -0.25) is 9.89 Å². The van der Waals surface area contributed by atoms with Gasteiger partial charge in [-0.15, -0.1) is 0 Å². The van der Waals surface area contributed by atoms with Gasteiger partial charge in [0.15, 0.2) is 0 Å². The summed E-state index contributed by atoms with van der Waals surface area (Å²) in [4.78, 5) is 15.5. The van der Waals surface area contributed by atoms with E-state index in [-0.39, 0.29) is 11.7 Å². The minimum absolute atomic E-state index is 0.211. The Morgan fingerprint density at radius 2 is 1.89 bits per heavy atom. The van der Waals surface area contributed by atoms with Crippen LogP contribution in [0.4, 0.5) is 4.39 Å². The molecule has 2 aromatic heterocycles. The Labute approximate surface area is 155 Å². The zero-order valence-electron chi connectivity index (χ0n) is 15.1. The molecule has 2 heterocycles. The topological polar surface area (TPSA) is 73.6 Å². The fourth-order valence-electron chi connectivity index (χ4n) is 3.20. The third-order valence-corrected chi connectivity index (χ3v) is 4.65. The molecule has 0 aliphatic heterocycles. The SMILES string of the molecule is Cc1cc(C(=O)NCc2ccc3[nH]c(-c4ccc(F)cc4)c(C)c3c2)n[nH]1. The quantitative estimate of drug-likeness (QED) is 0.508. The molecule has 0 spiro atoms. The second-order valence-electron chi connectivity index (χ2n) is 6.63. The summed E-state index contributed by atoms with van der Waals surface area (Å²) in [5, 5.41) is 10.7. The van der Waals surface area contributed by atoms with E-state index in [1.807, 2.05) is 26.0 Å². The molecule has 27 heavy (non-hydrogen) atoms. The van der Waals surface area contributed by atoms with Crippen molar-refractivity contribution < 1.29 is 9.18 Å². The highest BCUT2D eigenvalue weighted by Crippen LogP contribution is 2.30. The number of aromatic nitrogens is 3. The van der Waals surface area contributed by atoms with Crippen molar-refractivity contribution >= 4 is 16.8 Å². The van der Waals surface area contributed by atoms with Gasteiger partial charge in [-0.1, -0.05) is 6.07 Å². The van der Waals surface area contributed by atoms with Crippen LogP contribution in [-0.4, -0.2) is 21.1 Å². The molecule has 0 atom stereocenters. The number of hydrogen-bond donors (Lipinski definition) is 3. The van der Waals surface area contributed by atoms with E-state index in [1.54, 1.807) is 18.2 Å². The van der Waals surface area contributed by atoms with E-state index in [2.05, 4.69) is 26.6 Å². The standard InChI is InChI=1S/C21H19FN4O/c1-12-9-19(26-25-12)21(27)23-11-14-3-8-18-17(10-14)13(2)20(24-18)15-4-6-16(22)7-5-15/h3-10,24H,11H2,1-2H3,(H,23,27)(H,25,26). The number of hydrogen-bond acceptors (Lipinski definition) is 2. The highest BCUT2D eigenvalue weighted by atomic mass is 19.1. The van der Waals surface area contributed by atoms with Crippen molar-refractivity contribution in [2.75, 3.05) is 0 Å². The van der Waals surface area contributed by atoms with E-state index in [0.717, 1.165) is 39.0 Å². The lowest BCUT2D eigenvalue weighted by atomic mass is 10.0. The number of aromatic amines is 2. The summed E-state index contributed by atoms with van der Waals surface area (Å²) in [6.45, 7) is 4.30. The van der Waals surface area contributed by atoms with Crippen LogP contribution in [0.2, 0.25) is 0 Å². The minimum Gasteiger partial charge on any atom is -0.354 e. The van der Waals surface area contributed by atoms with Crippen molar-refractivity contribution in [3.05, 3.63) is 76.9 Å². The van der Waals surface area contributed by atoms with E-state index in [0.29, 0.717) is 12.2 Å². The Bertz CT molecular complexity index is 1130. The fourth-order valence-corrected chi connectivity index (χ4v) is 3.20. The van der Waals surface area contributed by atoms with Crippen LogP contribution in [-0.2, 0) is 6.54 Å². The number of carbonyl (C=O) groups is 1. The van der Waals surface area contributed by atoms with Crippen LogP contribution in [0.25, 0.3) is 22.2 Å². The Kier molecular flexibility index (Phi) is 4.24. The molecule has 0 aliphatic carbocycles. The van der Waals surface area contributed by atoms with Gasteiger partial charge in [0.1, 0.15) is 11.5 Å². The van der Waals surface area contributed by atoms with Crippen LogP contribution in [0.5, 0.6) is 0 Å². The molecule has 0 unspecified atom stereocenters. The summed E-state index contributed by atoms with van der Waals surface area (Å²) in [7, 11) is 0. The van der Waals surface area contributed by atoms with Crippen LogP contribution in [0.1, 0.15) is 27.3 Å². The molecule has 4 rings (SSSR count). The van der Waals surface area contributed by atoms with Crippen molar-refractivity contribution in [1.29, 1.82) is 0 Å². The molecule has 5 nitrogen and oxygen atoms in total. The van der Waals surface area contributed by atoms with E-state index in [9.17, 15) is 9.18 Å². The summed E-state index contributed by atoms with van der Waals surface area (Å²) in [6, 6.07) is 14.2. The van der Waals surface area contributed by atoms with Gasteiger partial charge in [-0.05, 0) is 73.0 Å². The largest absolute Gasteiger partial charge is 0.354 e. The summed E-state index contributed by atoms with van der Waals surface area (Å²) in [6.07, 6.45) is 0. The molecular formula is C21H19FN4O. The first-order valence-corrected chi connectivity index (χ1v) is 8.68. The zero-order chi connectivity index (χ0) is 19.0. The molecule has 0 radical (unpaired) electrons. The predicted molar refractivity (Wildman–Crippen MR) is 103 cm³/mol. The average molecular weight is 362 g/mol. The smallest absolute Gasteiger partial charge is 0.272 e. The Morgan fingerprint density at radius 1 is 1.11 bits per heavy atom. The van der Waals surface area contributed by atoms with Gasteiger partial charge in [0.05, 0.1) is 0 Å². The monoisotopic (exact) mass is 362 g/mol. The number of amides is 1. The lowest BCUT2D eigenvalue weighted by Crippen LogP contribution is -2.23. The number of benzene rings is 2. The minimum atomic E-state index is -0.252. The maximum absolute atomic E-state index is 13.2. The molecule has 0 bridgehead atoms. The fraction of sp³-hybridized carbons (Fsp3) is 0.143. The normalized spacial score (nSPS) is 11.1. The molecule has 0 aliphatic rings. The van der Waals surface area contributed by atoms with Crippen molar-refractivity contribution in [2.45, 2.75) is 20.4 Å². The highest BCUT2D eigenvalue weighted by Gasteiger charge is 2.12. The Hall–Kier alpha value is -3.41. The molecule has 0 saturated heterocycles. The van der Waals surface area contributed by atoms with Gasteiger partial charge in [0.2, 0.25) is 0 Å². The first-order valence-electron chi connectivity index (χ1n) is 8.68. The number of halogens is 1. The maximum atomic E-state index is 13.2. The molecule has 4 aromatic rings. The van der Waals surface area contributed by atoms with Crippen LogP contribution in [0.15, 0.2) is 48.5 Å². The highest BCUT2D eigenvalue weighted by molar-refractivity contribution is 5.93. The lowest BCUT2D eigenvalue weighted by Gasteiger charge is -2.04. The summed E-state index contributed by atoms with van der Waals surface area (Å²) in [5.74, 6) is -0.463. The molecule has 0 saturated carbocycles. The number of aryl methyl sites for hydroxylation is 2. The number of rotatable bonds is 4. The molecule has 2 aromatic carbocycles. The summed E-state index contributed by atoms with van der Waals surface area (Å²) >= 11 is 0. The number of H-pyrrole nitrogens is 2. The van der Waals surface area contributed by atoms with Crippen LogP contribution >= 0.6 is 0 Å². The summed E-state index contributed by atoms with van der Waals surface area (Å²) < 4.78 is 13.2. The molecule has 136 valence electrons. The molecule has 0 fully saturated rings. The van der Waals surface area contributed by atoms with Gasteiger partial charge < -0.3 is 10.3 Å². The van der Waals surface area contributed by atoms with Crippen molar-refractivity contribution in [3.8, 4) is 11.3 Å². The van der Waals surface area contributed by atoms with E-state index >= 15 is 0 Å². The van der Waals surface area contributed by atoms with Gasteiger partial charge in [-0.2, -0.15) is 5.10 Å². The number of fused-ring (bicyclic) bond motifs is 1.